The Bertz CT molecular complexity index is 1430. The van der Waals surface area contributed by atoms with Gasteiger partial charge in [-0.1, -0.05) is 36.7 Å². The Balaban J connectivity index is 1.63. The summed E-state index contributed by atoms with van der Waals surface area (Å²) in [5.41, 5.74) is 1.80. The predicted molar refractivity (Wildman–Crippen MR) is 127 cm³/mol. The van der Waals surface area contributed by atoms with Crippen LogP contribution in [0.3, 0.4) is 0 Å². The summed E-state index contributed by atoms with van der Waals surface area (Å²) in [5, 5.41) is 1.08. The number of carbonyl (C=O) groups is 1. The summed E-state index contributed by atoms with van der Waals surface area (Å²) in [6.45, 7) is 3.81. The Labute approximate surface area is 195 Å². The van der Waals surface area contributed by atoms with Crippen LogP contribution in [-0.4, -0.2) is 38.0 Å². The summed E-state index contributed by atoms with van der Waals surface area (Å²) in [4.78, 5) is 33.1. The fourth-order valence-electron chi connectivity index (χ4n) is 4.71. The molecule has 3 heterocycles. The van der Waals surface area contributed by atoms with Crippen LogP contribution in [0, 0.1) is 11.7 Å². The lowest BCUT2D eigenvalue weighted by Crippen LogP contribution is -2.41. The number of carbonyl (C=O) groups excluding carboxylic acids is 1. The van der Waals surface area contributed by atoms with Gasteiger partial charge in [0.2, 0.25) is 5.91 Å². The van der Waals surface area contributed by atoms with E-state index in [1.807, 2.05) is 23.1 Å². The summed E-state index contributed by atoms with van der Waals surface area (Å²) >= 11 is 6.29. The molecule has 0 radical (unpaired) electrons. The van der Waals surface area contributed by atoms with Crippen LogP contribution in [0.2, 0.25) is 5.02 Å². The third kappa shape index (κ3) is 4.02. The molecular weight excluding hydrogens is 443 g/mol. The largest absolute Gasteiger partial charge is 0.341 e. The van der Waals surface area contributed by atoms with E-state index in [0.717, 1.165) is 18.4 Å². The van der Waals surface area contributed by atoms with Gasteiger partial charge in [-0.05, 0) is 48.6 Å². The number of nitrogens with zero attached hydrogens (tertiary/aromatic N) is 4. The standard InChI is InChI=1S/C25H24ClFN4O2/c1-16-5-4-10-29(12-16)22(32)14-31-21-9-8-18(27)11-19(21)23-24(31)25(33)30(15-28-23)13-17-6-2-3-7-20(17)26/h2-3,6-9,11,15-16H,4-5,10,12-14H2,1H3/t16-/m1/s1. The Hall–Kier alpha value is -3.19. The first-order chi connectivity index (χ1) is 15.9. The number of hydrogen-bond donors (Lipinski definition) is 0. The molecule has 2 aromatic heterocycles. The molecule has 0 bridgehead atoms. The van der Waals surface area contributed by atoms with Gasteiger partial charge < -0.3 is 9.47 Å². The van der Waals surface area contributed by atoms with Crippen LogP contribution in [0.25, 0.3) is 21.9 Å². The van der Waals surface area contributed by atoms with Crippen LogP contribution < -0.4 is 5.56 Å². The van der Waals surface area contributed by atoms with Crippen molar-refractivity contribution in [2.24, 2.45) is 5.92 Å². The van der Waals surface area contributed by atoms with E-state index >= 15 is 0 Å². The number of hydrogen-bond acceptors (Lipinski definition) is 3. The van der Waals surface area contributed by atoms with Gasteiger partial charge in [-0.15, -0.1) is 0 Å². The second kappa shape index (κ2) is 8.63. The normalized spacial score (nSPS) is 16.6. The highest BCUT2D eigenvalue weighted by atomic mass is 35.5. The average molecular weight is 467 g/mol. The molecule has 33 heavy (non-hydrogen) atoms. The molecule has 2 aromatic carbocycles. The molecule has 0 spiro atoms. The van der Waals surface area contributed by atoms with Crippen molar-refractivity contribution in [3.8, 4) is 0 Å². The first-order valence-electron chi connectivity index (χ1n) is 11.1. The zero-order valence-corrected chi connectivity index (χ0v) is 19.1. The molecule has 6 nitrogen and oxygen atoms in total. The van der Waals surface area contributed by atoms with Gasteiger partial charge in [-0.3, -0.25) is 14.2 Å². The minimum Gasteiger partial charge on any atom is -0.341 e. The topological polar surface area (TPSA) is 60.1 Å². The number of aromatic nitrogens is 3. The van der Waals surface area contributed by atoms with E-state index in [-0.39, 0.29) is 24.6 Å². The molecule has 0 saturated carbocycles. The Morgan fingerprint density at radius 3 is 2.85 bits per heavy atom. The fraction of sp³-hybridized carbons (Fsp3) is 0.320. The molecular formula is C25H24ClFN4O2. The van der Waals surface area contributed by atoms with Gasteiger partial charge in [-0.25, -0.2) is 9.37 Å². The summed E-state index contributed by atoms with van der Waals surface area (Å²) < 4.78 is 17.2. The van der Waals surface area contributed by atoms with Crippen LogP contribution in [0.5, 0.6) is 0 Å². The molecule has 0 unspecified atom stereocenters. The lowest BCUT2D eigenvalue weighted by atomic mass is 10.0. The van der Waals surface area contributed by atoms with Gasteiger partial charge in [-0.2, -0.15) is 0 Å². The number of rotatable bonds is 4. The summed E-state index contributed by atoms with van der Waals surface area (Å²) in [5.74, 6) is -0.0187. The van der Waals surface area contributed by atoms with Gasteiger partial charge in [0, 0.05) is 23.5 Å². The summed E-state index contributed by atoms with van der Waals surface area (Å²) in [7, 11) is 0. The van der Waals surface area contributed by atoms with Crippen molar-refractivity contribution in [3.05, 3.63) is 75.5 Å². The molecule has 8 heteroatoms. The SMILES string of the molecule is C[C@@H]1CCCN(C(=O)Cn2c3ccc(F)cc3c3ncn(Cc4ccccc4Cl)c(=O)c32)C1. The van der Waals surface area contributed by atoms with Gasteiger partial charge in [0.1, 0.15) is 23.4 Å². The van der Waals surface area contributed by atoms with Crippen LogP contribution >= 0.6 is 11.6 Å². The van der Waals surface area contributed by atoms with Crippen molar-refractivity contribution in [1.29, 1.82) is 0 Å². The Morgan fingerprint density at radius 1 is 1.24 bits per heavy atom. The van der Waals surface area contributed by atoms with Crippen LogP contribution in [-0.2, 0) is 17.9 Å². The van der Waals surface area contributed by atoms with Crippen LogP contribution in [0.4, 0.5) is 4.39 Å². The van der Waals surface area contributed by atoms with Crippen molar-refractivity contribution < 1.29 is 9.18 Å². The monoisotopic (exact) mass is 466 g/mol. The van der Waals surface area contributed by atoms with E-state index in [2.05, 4.69) is 11.9 Å². The third-order valence-electron chi connectivity index (χ3n) is 6.39. The number of fused-ring (bicyclic) bond motifs is 3. The number of piperidine rings is 1. The molecule has 5 rings (SSSR count). The molecule has 170 valence electrons. The molecule has 1 aliphatic rings. The fourth-order valence-corrected chi connectivity index (χ4v) is 4.91. The maximum absolute atomic E-state index is 14.1. The highest BCUT2D eigenvalue weighted by molar-refractivity contribution is 6.31. The van der Waals surface area contributed by atoms with Crippen molar-refractivity contribution in [3.63, 3.8) is 0 Å². The molecule has 1 saturated heterocycles. The van der Waals surface area contributed by atoms with Gasteiger partial charge in [0.25, 0.3) is 5.56 Å². The van der Waals surface area contributed by atoms with Crippen molar-refractivity contribution in [2.45, 2.75) is 32.9 Å². The lowest BCUT2D eigenvalue weighted by molar-refractivity contribution is -0.133. The van der Waals surface area contributed by atoms with Crippen molar-refractivity contribution in [2.75, 3.05) is 13.1 Å². The first-order valence-corrected chi connectivity index (χ1v) is 11.5. The lowest BCUT2D eigenvalue weighted by Gasteiger charge is -2.31. The Morgan fingerprint density at radius 2 is 2.06 bits per heavy atom. The number of amides is 1. The van der Waals surface area contributed by atoms with Crippen molar-refractivity contribution in [1.82, 2.24) is 19.0 Å². The smallest absolute Gasteiger partial charge is 0.278 e. The number of benzene rings is 2. The van der Waals surface area contributed by atoms with Gasteiger partial charge in [0.15, 0.2) is 0 Å². The van der Waals surface area contributed by atoms with Crippen LogP contribution in [0.15, 0.2) is 53.6 Å². The zero-order valence-electron chi connectivity index (χ0n) is 18.3. The van der Waals surface area contributed by atoms with E-state index in [9.17, 15) is 14.0 Å². The Kier molecular flexibility index (Phi) is 5.66. The molecule has 1 amide bonds. The third-order valence-corrected chi connectivity index (χ3v) is 6.76. The first kappa shape index (κ1) is 21.6. The van der Waals surface area contributed by atoms with Gasteiger partial charge >= 0.3 is 0 Å². The van der Waals surface area contributed by atoms with E-state index in [4.69, 9.17) is 11.6 Å². The minimum atomic E-state index is -0.417. The highest BCUT2D eigenvalue weighted by Gasteiger charge is 2.24. The quantitative estimate of drug-likeness (QED) is 0.446. The molecule has 1 atom stereocenters. The van der Waals surface area contributed by atoms with E-state index < -0.39 is 5.82 Å². The van der Waals surface area contributed by atoms with Gasteiger partial charge in [0.05, 0.1) is 18.4 Å². The summed E-state index contributed by atoms with van der Waals surface area (Å²) in [6.07, 6.45) is 3.53. The maximum Gasteiger partial charge on any atom is 0.278 e. The highest BCUT2D eigenvalue weighted by Crippen LogP contribution is 2.27. The molecule has 4 aromatic rings. The second-order valence-corrected chi connectivity index (χ2v) is 9.21. The minimum absolute atomic E-state index is 0.00534. The van der Waals surface area contributed by atoms with Crippen molar-refractivity contribution >= 4 is 39.4 Å². The molecule has 1 aliphatic heterocycles. The predicted octanol–water partition coefficient (Wildman–Crippen LogP) is 4.45. The molecule has 1 fully saturated rings. The number of halogens is 2. The molecule has 0 N–H and O–H groups in total. The maximum atomic E-state index is 14.1. The van der Waals surface area contributed by atoms with Crippen LogP contribution in [0.1, 0.15) is 25.3 Å². The van der Waals surface area contributed by atoms with E-state index in [0.29, 0.717) is 46.0 Å². The zero-order chi connectivity index (χ0) is 23.1. The number of likely N-dealkylation sites (tertiary alicyclic amines) is 1. The van der Waals surface area contributed by atoms with E-state index in [1.165, 1.54) is 23.0 Å². The molecule has 0 aliphatic carbocycles. The average Bonchev–Trinajstić information content (AvgIpc) is 3.10. The van der Waals surface area contributed by atoms with E-state index in [1.54, 1.807) is 16.7 Å². The second-order valence-electron chi connectivity index (χ2n) is 8.80. The summed E-state index contributed by atoms with van der Waals surface area (Å²) in [6, 6.07) is 11.6.